The Morgan fingerprint density at radius 1 is 1.20 bits per heavy atom. The number of rotatable bonds is 5. The van der Waals surface area contributed by atoms with Crippen LogP contribution < -0.4 is 10.1 Å². The van der Waals surface area contributed by atoms with Gasteiger partial charge in [0.1, 0.15) is 11.8 Å². The summed E-state index contributed by atoms with van der Waals surface area (Å²) in [6, 6.07) is 7.64. The van der Waals surface area contributed by atoms with Crippen molar-refractivity contribution in [3.63, 3.8) is 0 Å². The van der Waals surface area contributed by atoms with Gasteiger partial charge in [0.25, 0.3) is 0 Å². The average Bonchev–Trinajstić information content (AvgIpc) is 3.06. The van der Waals surface area contributed by atoms with Crippen LogP contribution in [0.1, 0.15) is 56.9 Å². The molecule has 0 bridgehead atoms. The summed E-state index contributed by atoms with van der Waals surface area (Å²) in [5, 5.41) is 3.18. The maximum Gasteiger partial charge on any atom is 0.243 e. The Bertz CT molecular complexity index is 611. The van der Waals surface area contributed by atoms with E-state index in [2.05, 4.69) is 5.32 Å². The van der Waals surface area contributed by atoms with Crippen molar-refractivity contribution >= 4 is 11.8 Å². The van der Waals surface area contributed by atoms with Crippen LogP contribution in [0.15, 0.2) is 24.3 Å². The summed E-state index contributed by atoms with van der Waals surface area (Å²) in [6.45, 7) is 0.457. The van der Waals surface area contributed by atoms with Crippen molar-refractivity contribution in [1.82, 2.24) is 10.2 Å². The average molecular weight is 344 g/mol. The van der Waals surface area contributed by atoms with Gasteiger partial charge >= 0.3 is 0 Å². The third-order valence-electron chi connectivity index (χ3n) is 5.31. The second-order valence-corrected chi connectivity index (χ2v) is 7.12. The van der Waals surface area contributed by atoms with E-state index in [-0.39, 0.29) is 23.9 Å². The Balaban J connectivity index is 1.75. The molecule has 0 aromatic heterocycles. The first-order chi connectivity index (χ1) is 12.2. The predicted molar refractivity (Wildman–Crippen MR) is 96.2 cm³/mol. The molecule has 2 fully saturated rings. The fraction of sp³-hybridized carbons (Fsp3) is 0.600. The highest BCUT2D eigenvalue weighted by molar-refractivity contribution is 5.88. The van der Waals surface area contributed by atoms with E-state index in [0.29, 0.717) is 13.0 Å². The normalized spacial score (nSPS) is 21.9. The Morgan fingerprint density at radius 3 is 2.72 bits per heavy atom. The number of methoxy groups -OCH3 is 1. The lowest BCUT2D eigenvalue weighted by molar-refractivity contribution is -0.140. The minimum atomic E-state index is -0.359. The molecule has 2 aliphatic rings. The molecule has 1 aromatic rings. The molecule has 1 saturated carbocycles. The van der Waals surface area contributed by atoms with Gasteiger partial charge in [-0.2, -0.15) is 0 Å². The molecule has 0 spiro atoms. The largest absolute Gasteiger partial charge is 0.497 e. The zero-order chi connectivity index (χ0) is 17.6. The summed E-state index contributed by atoms with van der Waals surface area (Å²) in [7, 11) is 1.63. The van der Waals surface area contributed by atoms with Gasteiger partial charge in [-0.25, -0.2) is 0 Å². The lowest BCUT2D eigenvalue weighted by Gasteiger charge is -2.30. The van der Waals surface area contributed by atoms with Crippen molar-refractivity contribution in [1.29, 1.82) is 0 Å². The highest BCUT2D eigenvalue weighted by atomic mass is 16.5. The minimum absolute atomic E-state index is 0.0186. The molecule has 136 valence electrons. The number of carbonyl (C=O) groups is 2. The molecule has 1 aromatic carbocycles. The van der Waals surface area contributed by atoms with E-state index in [1.54, 1.807) is 12.0 Å². The van der Waals surface area contributed by atoms with Crippen molar-refractivity contribution in [2.75, 3.05) is 7.11 Å². The molecule has 1 aliphatic carbocycles. The molecule has 1 atom stereocenters. The van der Waals surface area contributed by atoms with E-state index in [9.17, 15) is 9.59 Å². The third kappa shape index (κ3) is 4.53. The fourth-order valence-electron chi connectivity index (χ4n) is 3.89. The van der Waals surface area contributed by atoms with Crippen LogP contribution in [-0.4, -0.2) is 35.9 Å². The Morgan fingerprint density at radius 2 is 1.96 bits per heavy atom. The van der Waals surface area contributed by atoms with Crippen LogP contribution in [0.2, 0.25) is 0 Å². The van der Waals surface area contributed by atoms with Crippen molar-refractivity contribution in [2.24, 2.45) is 0 Å². The van der Waals surface area contributed by atoms with Crippen LogP contribution >= 0.6 is 0 Å². The number of amides is 2. The summed E-state index contributed by atoms with van der Waals surface area (Å²) in [5.41, 5.74) is 0.994. The van der Waals surface area contributed by atoms with Crippen LogP contribution in [0.25, 0.3) is 0 Å². The summed E-state index contributed by atoms with van der Waals surface area (Å²) < 4.78 is 5.28. The standard InChI is InChI=1S/C20H28N2O3/c1-25-17-10-6-7-15(13-17)14-22-18(11-4-5-12-19(22)23)20(24)21-16-8-2-3-9-16/h6-7,10,13,16,18H,2-5,8-9,11-12,14H2,1H3,(H,21,24). The molecular formula is C20H28N2O3. The lowest BCUT2D eigenvalue weighted by Crippen LogP contribution is -2.50. The second kappa shape index (κ2) is 8.37. The molecule has 5 heteroatoms. The van der Waals surface area contributed by atoms with E-state index in [4.69, 9.17) is 4.74 Å². The summed E-state index contributed by atoms with van der Waals surface area (Å²) in [6.07, 6.45) is 7.53. The number of hydrogen-bond donors (Lipinski definition) is 1. The maximum absolute atomic E-state index is 12.8. The van der Waals surface area contributed by atoms with Gasteiger partial charge in [-0.3, -0.25) is 9.59 Å². The molecule has 1 saturated heterocycles. The van der Waals surface area contributed by atoms with Crippen LogP contribution in [0.5, 0.6) is 5.75 Å². The summed E-state index contributed by atoms with van der Waals surface area (Å²) >= 11 is 0. The molecular weight excluding hydrogens is 316 g/mol. The van der Waals surface area contributed by atoms with E-state index >= 15 is 0 Å². The molecule has 1 unspecified atom stereocenters. The van der Waals surface area contributed by atoms with E-state index in [1.807, 2.05) is 24.3 Å². The van der Waals surface area contributed by atoms with E-state index in [1.165, 1.54) is 12.8 Å². The molecule has 2 amide bonds. The first-order valence-electron chi connectivity index (χ1n) is 9.40. The van der Waals surface area contributed by atoms with Gasteiger partial charge in [-0.1, -0.05) is 31.4 Å². The number of hydrogen-bond acceptors (Lipinski definition) is 3. The van der Waals surface area contributed by atoms with Crippen LogP contribution in [0.3, 0.4) is 0 Å². The van der Waals surface area contributed by atoms with Gasteiger partial charge in [0.15, 0.2) is 0 Å². The SMILES string of the molecule is COc1cccc(CN2C(=O)CCCCC2C(=O)NC2CCCC2)c1. The Labute approximate surface area is 149 Å². The smallest absolute Gasteiger partial charge is 0.243 e. The van der Waals surface area contributed by atoms with Crippen molar-refractivity contribution in [2.45, 2.75) is 70.0 Å². The summed E-state index contributed by atoms with van der Waals surface area (Å²) in [4.78, 5) is 27.3. The fourth-order valence-corrected chi connectivity index (χ4v) is 3.89. The first-order valence-corrected chi connectivity index (χ1v) is 9.40. The first kappa shape index (κ1) is 17.8. The molecule has 5 nitrogen and oxygen atoms in total. The third-order valence-corrected chi connectivity index (χ3v) is 5.31. The zero-order valence-corrected chi connectivity index (χ0v) is 15.0. The molecule has 1 heterocycles. The number of benzene rings is 1. The molecule has 3 rings (SSSR count). The van der Waals surface area contributed by atoms with Crippen LogP contribution in [0.4, 0.5) is 0 Å². The number of nitrogens with zero attached hydrogens (tertiary/aromatic N) is 1. The number of ether oxygens (including phenoxy) is 1. The van der Waals surface area contributed by atoms with Gasteiger partial charge in [-0.05, 0) is 43.4 Å². The highest BCUT2D eigenvalue weighted by Crippen LogP contribution is 2.24. The Hall–Kier alpha value is -2.04. The van der Waals surface area contributed by atoms with E-state index < -0.39 is 0 Å². The number of likely N-dealkylation sites (tertiary alicyclic amines) is 1. The molecule has 25 heavy (non-hydrogen) atoms. The molecule has 1 aliphatic heterocycles. The monoisotopic (exact) mass is 344 g/mol. The van der Waals surface area contributed by atoms with Gasteiger partial charge in [0, 0.05) is 19.0 Å². The van der Waals surface area contributed by atoms with Gasteiger partial charge in [0.2, 0.25) is 11.8 Å². The van der Waals surface area contributed by atoms with Crippen LogP contribution in [-0.2, 0) is 16.1 Å². The topological polar surface area (TPSA) is 58.6 Å². The van der Waals surface area contributed by atoms with Gasteiger partial charge in [0.05, 0.1) is 7.11 Å². The van der Waals surface area contributed by atoms with Crippen molar-refractivity contribution in [3.05, 3.63) is 29.8 Å². The lowest BCUT2D eigenvalue weighted by atomic mass is 10.1. The van der Waals surface area contributed by atoms with Crippen molar-refractivity contribution < 1.29 is 14.3 Å². The molecule has 0 radical (unpaired) electrons. The minimum Gasteiger partial charge on any atom is -0.497 e. The quantitative estimate of drug-likeness (QED) is 0.893. The van der Waals surface area contributed by atoms with Gasteiger partial charge < -0.3 is 15.0 Å². The van der Waals surface area contributed by atoms with Gasteiger partial charge in [-0.15, -0.1) is 0 Å². The number of nitrogens with one attached hydrogen (secondary N) is 1. The second-order valence-electron chi connectivity index (χ2n) is 7.12. The Kier molecular flexibility index (Phi) is 5.95. The molecule has 1 N–H and O–H groups in total. The predicted octanol–water partition coefficient (Wildman–Crippen LogP) is 3.03. The zero-order valence-electron chi connectivity index (χ0n) is 15.0. The number of carbonyl (C=O) groups excluding carboxylic acids is 2. The van der Waals surface area contributed by atoms with Crippen molar-refractivity contribution in [3.8, 4) is 5.75 Å². The van der Waals surface area contributed by atoms with E-state index in [0.717, 1.165) is 43.4 Å². The highest BCUT2D eigenvalue weighted by Gasteiger charge is 2.33. The maximum atomic E-state index is 12.8. The summed E-state index contributed by atoms with van der Waals surface area (Å²) in [5.74, 6) is 0.865. The van der Waals surface area contributed by atoms with Crippen LogP contribution in [0, 0.1) is 0 Å².